The van der Waals surface area contributed by atoms with Crippen molar-refractivity contribution in [3.63, 3.8) is 0 Å². The Bertz CT molecular complexity index is 1310. The fourth-order valence-electron chi connectivity index (χ4n) is 5.23. The summed E-state index contributed by atoms with van der Waals surface area (Å²) in [5, 5.41) is 39.6. The summed E-state index contributed by atoms with van der Waals surface area (Å²) in [4.78, 5) is 26.7. The molecule has 1 saturated carbocycles. The van der Waals surface area contributed by atoms with Gasteiger partial charge in [-0.3, -0.25) is 9.59 Å². The van der Waals surface area contributed by atoms with E-state index in [1.54, 1.807) is 48.6 Å². The molecule has 3 aromatic rings. The van der Waals surface area contributed by atoms with Gasteiger partial charge in [-0.05, 0) is 64.7 Å². The fourth-order valence-corrected chi connectivity index (χ4v) is 5.23. The Labute approximate surface area is 195 Å². The van der Waals surface area contributed by atoms with Gasteiger partial charge in [0.15, 0.2) is 11.6 Å². The van der Waals surface area contributed by atoms with E-state index in [-0.39, 0.29) is 34.6 Å². The number of rotatable bonds is 4. The molecule has 0 spiro atoms. The van der Waals surface area contributed by atoms with Gasteiger partial charge in [0.1, 0.15) is 23.0 Å². The first-order valence-corrected chi connectivity index (χ1v) is 10.9. The molecule has 34 heavy (non-hydrogen) atoms. The molecular formula is C28H22O6. The van der Waals surface area contributed by atoms with Crippen LogP contribution in [0.4, 0.5) is 0 Å². The number of carbonyl (C=O) groups excluding carboxylic acids is 2. The molecule has 6 nitrogen and oxygen atoms in total. The fraction of sp³-hybridized carbons (Fsp3) is 0.143. The van der Waals surface area contributed by atoms with E-state index in [2.05, 4.69) is 0 Å². The van der Waals surface area contributed by atoms with Gasteiger partial charge < -0.3 is 20.4 Å². The number of phenolic OH excluding ortho intramolecular Hbond substituents is 4. The molecule has 3 aromatic carbocycles. The molecule has 2 bridgehead atoms. The maximum absolute atomic E-state index is 13.6. The zero-order chi connectivity index (χ0) is 24.0. The molecule has 4 N–H and O–H groups in total. The number of hydrogen-bond acceptors (Lipinski definition) is 6. The highest BCUT2D eigenvalue weighted by molar-refractivity contribution is 6.15. The van der Waals surface area contributed by atoms with E-state index in [9.17, 15) is 30.0 Å². The summed E-state index contributed by atoms with van der Waals surface area (Å²) in [6, 6.07) is 17.2. The second-order valence-corrected chi connectivity index (χ2v) is 8.76. The van der Waals surface area contributed by atoms with Crippen molar-refractivity contribution in [2.24, 2.45) is 11.8 Å². The number of carbonyl (C=O) groups is 2. The van der Waals surface area contributed by atoms with Crippen LogP contribution in [0.5, 0.6) is 23.0 Å². The van der Waals surface area contributed by atoms with Crippen LogP contribution in [0, 0.1) is 11.8 Å². The van der Waals surface area contributed by atoms with Crippen LogP contribution in [0.15, 0.2) is 84.5 Å². The van der Waals surface area contributed by atoms with Crippen LogP contribution in [-0.4, -0.2) is 32.0 Å². The van der Waals surface area contributed by atoms with Crippen molar-refractivity contribution in [2.45, 2.75) is 11.8 Å². The number of fused-ring (bicyclic) bond motifs is 2. The number of allylic oxidation sites excluding steroid dienone is 3. The predicted octanol–water partition coefficient (Wildman–Crippen LogP) is 4.41. The van der Waals surface area contributed by atoms with Crippen molar-refractivity contribution in [2.75, 3.05) is 0 Å². The van der Waals surface area contributed by atoms with Crippen LogP contribution >= 0.6 is 0 Å². The molecule has 0 aliphatic heterocycles. The summed E-state index contributed by atoms with van der Waals surface area (Å²) in [5.41, 5.74) is 2.61. The van der Waals surface area contributed by atoms with Gasteiger partial charge in [-0.25, -0.2) is 0 Å². The number of aromatic hydroxyl groups is 4. The number of ketones is 2. The van der Waals surface area contributed by atoms with Gasteiger partial charge in [0, 0.05) is 17.9 Å². The molecule has 0 unspecified atom stereocenters. The first-order valence-electron chi connectivity index (χ1n) is 10.9. The number of Topliss-reactive ketones (excluding diaryl/α,β-unsaturated/α-hetero) is 1. The maximum atomic E-state index is 13.6. The normalized spacial score (nSPS) is 23.9. The molecule has 6 heteroatoms. The third-order valence-corrected chi connectivity index (χ3v) is 6.64. The van der Waals surface area contributed by atoms with Crippen molar-refractivity contribution >= 4 is 17.6 Å². The van der Waals surface area contributed by atoms with Crippen LogP contribution in [0.25, 0.3) is 6.08 Å². The number of benzene rings is 3. The monoisotopic (exact) mass is 454 g/mol. The summed E-state index contributed by atoms with van der Waals surface area (Å²) < 4.78 is 0. The molecule has 4 atom stereocenters. The van der Waals surface area contributed by atoms with Crippen LogP contribution in [0.1, 0.15) is 28.5 Å². The van der Waals surface area contributed by atoms with Crippen LogP contribution < -0.4 is 0 Å². The zero-order valence-electron chi connectivity index (χ0n) is 18.0. The lowest BCUT2D eigenvalue weighted by molar-refractivity contribution is -0.130. The van der Waals surface area contributed by atoms with E-state index in [0.29, 0.717) is 11.1 Å². The van der Waals surface area contributed by atoms with Crippen molar-refractivity contribution < 1.29 is 30.0 Å². The third-order valence-electron chi connectivity index (χ3n) is 6.64. The average molecular weight is 454 g/mol. The molecule has 2 aliphatic rings. The number of hydrogen-bond donors (Lipinski definition) is 4. The van der Waals surface area contributed by atoms with Gasteiger partial charge in [0.25, 0.3) is 0 Å². The highest BCUT2D eigenvalue weighted by Gasteiger charge is 2.56. The highest BCUT2D eigenvalue weighted by atomic mass is 16.3. The van der Waals surface area contributed by atoms with E-state index in [1.165, 1.54) is 36.4 Å². The Hall–Kier alpha value is -4.32. The molecule has 1 fully saturated rings. The minimum Gasteiger partial charge on any atom is -0.508 e. The van der Waals surface area contributed by atoms with E-state index in [4.69, 9.17) is 0 Å². The molecule has 2 aliphatic carbocycles. The zero-order valence-corrected chi connectivity index (χ0v) is 18.0. The second kappa shape index (κ2) is 8.23. The minimum absolute atomic E-state index is 0.0737. The van der Waals surface area contributed by atoms with Gasteiger partial charge in [-0.1, -0.05) is 36.4 Å². The van der Waals surface area contributed by atoms with E-state index >= 15 is 0 Å². The van der Waals surface area contributed by atoms with Gasteiger partial charge in [-0.2, -0.15) is 0 Å². The average Bonchev–Trinajstić information content (AvgIpc) is 3.02. The van der Waals surface area contributed by atoms with E-state index < -0.39 is 23.7 Å². The Kier molecular flexibility index (Phi) is 5.21. The molecule has 0 amide bonds. The van der Waals surface area contributed by atoms with E-state index in [0.717, 1.165) is 11.1 Å². The van der Waals surface area contributed by atoms with Gasteiger partial charge in [-0.15, -0.1) is 0 Å². The van der Waals surface area contributed by atoms with Crippen molar-refractivity contribution in [3.8, 4) is 23.0 Å². The minimum atomic E-state index is -0.894. The van der Waals surface area contributed by atoms with Gasteiger partial charge in [0.2, 0.25) is 0 Å². The van der Waals surface area contributed by atoms with Crippen LogP contribution in [-0.2, 0) is 9.59 Å². The Balaban J connectivity index is 1.63. The Morgan fingerprint density at radius 2 is 1.15 bits per heavy atom. The highest BCUT2D eigenvalue weighted by Crippen LogP contribution is 2.56. The topological polar surface area (TPSA) is 115 Å². The quantitative estimate of drug-likeness (QED) is 0.434. The summed E-state index contributed by atoms with van der Waals surface area (Å²) in [6.07, 6.45) is 5.01. The van der Waals surface area contributed by atoms with E-state index in [1.807, 2.05) is 0 Å². The van der Waals surface area contributed by atoms with Crippen molar-refractivity contribution in [1.29, 1.82) is 0 Å². The lowest BCUT2D eigenvalue weighted by Gasteiger charge is -2.25. The van der Waals surface area contributed by atoms with Crippen molar-refractivity contribution in [1.82, 2.24) is 0 Å². The van der Waals surface area contributed by atoms with Crippen molar-refractivity contribution in [3.05, 3.63) is 101 Å². The lowest BCUT2D eigenvalue weighted by Crippen LogP contribution is -2.29. The smallest absolute Gasteiger partial charge is 0.167 e. The molecule has 170 valence electrons. The number of phenols is 4. The SMILES string of the molecule is O=C1C=C(C=Cc2ccc(O)cc2)[C@H]2C(=O)[C@H]1[C@H](c1ccc(O)cc1)[C@H]2c1cc(O)cc(O)c1. The Morgan fingerprint density at radius 1 is 0.588 bits per heavy atom. The molecule has 5 rings (SSSR count). The van der Waals surface area contributed by atoms with Crippen LogP contribution in [0.2, 0.25) is 0 Å². The largest absolute Gasteiger partial charge is 0.508 e. The summed E-state index contributed by atoms with van der Waals surface area (Å²) >= 11 is 0. The molecule has 0 radical (unpaired) electrons. The summed E-state index contributed by atoms with van der Waals surface area (Å²) in [5.74, 6) is -3.14. The molecule has 0 saturated heterocycles. The third kappa shape index (κ3) is 3.73. The Morgan fingerprint density at radius 3 is 1.76 bits per heavy atom. The van der Waals surface area contributed by atoms with Gasteiger partial charge in [0.05, 0.1) is 11.8 Å². The van der Waals surface area contributed by atoms with Crippen LogP contribution in [0.3, 0.4) is 0 Å². The second-order valence-electron chi connectivity index (χ2n) is 8.76. The molecule has 0 aromatic heterocycles. The molecular weight excluding hydrogens is 432 g/mol. The maximum Gasteiger partial charge on any atom is 0.167 e. The first-order chi connectivity index (χ1) is 16.3. The first kappa shape index (κ1) is 21.5. The molecule has 0 heterocycles. The predicted molar refractivity (Wildman–Crippen MR) is 126 cm³/mol. The summed E-state index contributed by atoms with van der Waals surface area (Å²) in [6.45, 7) is 0. The standard InChI is InChI=1S/C28H22O6/c29-19-7-2-15(3-8-19)1-4-17-13-23(33)27-24(16-5-9-20(30)10-6-16)25(26(17)28(27)34)18-11-21(31)14-22(32)12-18/h1-14,24-27,29-32H/t24-,25-,26-,27-/m1/s1. The van der Waals surface area contributed by atoms with Gasteiger partial charge >= 0.3 is 0 Å². The lowest BCUT2D eigenvalue weighted by atomic mass is 9.77. The summed E-state index contributed by atoms with van der Waals surface area (Å²) in [7, 11) is 0.